The predicted octanol–water partition coefficient (Wildman–Crippen LogP) is 4.02. The summed E-state index contributed by atoms with van der Waals surface area (Å²) in [5, 5.41) is 2.94. The van der Waals surface area contributed by atoms with E-state index in [-0.39, 0.29) is 11.7 Å². The van der Waals surface area contributed by atoms with Crippen LogP contribution in [-0.4, -0.2) is 21.2 Å². The van der Waals surface area contributed by atoms with Crippen molar-refractivity contribution in [2.24, 2.45) is 0 Å². The van der Waals surface area contributed by atoms with Crippen molar-refractivity contribution in [2.45, 2.75) is 0 Å². The Morgan fingerprint density at radius 3 is 2.46 bits per heavy atom. The van der Waals surface area contributed by atoms with Crippen molar-refractivity contribution in [3.8, 4) is 0 Å². The third-order valence-corrected chi connectivity index (χ3v) is 4.59. The van der Waals surface area contributed by atoms with E-state index in [0.717, 1.165) is 5.39 Å². The van der Waals surface area contributed by atoms with Crippen molar-refractivity contribution < 1.29 is 9.59 Å². The van der Waals surface area contributed by atoms with Crippen LogP contribution in [-0.2, 0) is 0 Å². The summed E-state index contributed by atoms with van der Waals surface area (Å²) in [6.45, 7) is 0. The zero-order valence-corrected chi connectivity index (χ0v) is 13.4. The van der Waals surface area contributed by atoms with Gasteiger partial charge in [-0.1, -0.05) is 36.4 Å². The van der Waals surface area contributed by atoms with Crippen LogP contribution in [0.5, 0.6) is 0 Å². The van der Waals surface area contributed by atoms with Gasteiger partial charge in [0.1, 0.15) is 0 Å². The van der Waals surface area contributed by atoms with E-state index < -0.39 is 0 Å². The Hall–Kier alpha value is -3.05. The molecule has 0 bridgehead atoms. The third-order valence-electron chi connectivity index (χ3n) is 3.82. The normalized spacial score (nSPS) is 10.8. The predicted molar refractivity (Wildman–Crippen MR) is 93.7 cm³/mol. The topological polar surface area (TPSA) is 52.0 Å². The van der Waals surface area contributed by atoms with E-state index in [4.69, 9.17) is 0 Å². The summed E-state index contributed by atoms with van der Waals surface area (Å²) in [6, 6.07) is 16.4. The van der Waals surface area contributed by atoms with E-state index in [9.17, 15) is 9.59 Å². The second kappa shape index (κ2) is 5.86. The van der Waals surface area contributed by atoms with Crippen LogP contribution in [0.3, 0.4) is 0 Å². The SMILES string of the molecule is O=C(c1nccs1)c1cn(C(=O)c2ccccc2)c2ccccc12. The summed E-state index contributed by atoms with van der Waals surface area (Å²) in [4.78, 5) is 29.6. The Balaban J connectivity index is 1.89. The molecule has 2 aromatic carbocycles. The average Bonchev–Trinajstić information content (AvgIpc) is 3.29. The molecular formula is C19H12N2O2S. The minimum absolute atomic E-state index is 0.162. The molecule has 0 aliphatic heterocycles. The van der Waals surface area contributed by atoms with Gasteiger partial charge in [-0.05, 0) is 18.2 Å². The molecule has 0 saturated carbocycles. The first kappa shape index (κ1) is 14.5. The van der Waals surface area contributed by atoms with Gasteiger partial charge in [0.2, 0.25) is 5.78 Å². The van der Waals surface area contributed by atoms with Gasteiger partial charge >= 0.3 is 0 Å². The first-order chi connectivity index (χ1) is 11.8. The first-order valence-corrected chi connectivity index (χ1v) is 8.27. The van der Waals surface area contributed by atoms with Gasteiger partial charge in [-0.15, -0.1) is 11.3 Å². The molecule has 2 heterocycles. The Kier molecular flexibility index (Phi) is 3.55. The summed E-state index contributed by atoms with van der Waals surface area (Å²) in [7, 11) is 0. The Morgan fingerprint density at radius 2 is 1.71 bits per heavy atom. The van der Waals surface area contributed by atoms with Gasteiger partial charge in [-0.2, -0.15) is 0 Å². The molecule has 4 aromatic rings. The van der Waals surface area contributed by atoms with Gasteiger partial charge in [0.25, 0.3) is 5.91 Å². The van der Waals surface area contributed by atoms with Gasteiger partial charge in [0.05, 0.1) is 11.1 Å². The second-order valence-corrected chi connectivity index (χ2v) is 6.16. The fourth-order valence-corrected chi connectivity index (χ4v) is 3.29. The third kappa shape index (κ3) is 2.35. The molecule has 24 heavy (non-hydrogen) atoms. The molecule has 4 nitrogen and oxygen atoms in total. The lowest BCUT2D eigenvalue weighted by Gasteiger charge is -2.03. The summed E-state index contributed by atoms with van der Waals surface area (Å²) in [6.07, 6.45) is 3.22. The van der Waals surface area contributed by atoms with E-state index >= 15 is 0 Å². The number of fused-ring (bicyclic) bond motifs is 1. The summed E-state index contributed by atoms with van der Waals surface area (Å²) >= 11 is 1.29. The second-order valence-electron chi connectivity index (χ2n) is 5.27. The number of ketones is 1. The molecule has 0 amide bonds. The number of aromatic nitrogens is 2. The van der Waals surface area contributed by atoms with Crippen molar-refractivity contribution in [2.75, 3.05) is 0 Å². The van der Waals surface area contributed by atoms with E-state index in [2.05, 4.69) is 4.98 Å². The lowest BCUT2D eigenvalue weighted by Crippen LogP contribution is -2.10. The number of carbonyl (C=O) groups excluding carboxylic acids is 2. The zero-order chi connectivity index (χ0) is 16.5. The molecule has 0 unspecified atom stereocenters. The van der Waals surface area contributed by atoms with Crippen molar-refractivity contribution in [1.29, 1.82) is 0 Å². The molecule has 0 atom stereocenters. The van der Waals surface area contributed by atoms with Crippen LogP contribution in [0.4, 0.5) is 0 Å². The minimum Gasteiger partial charge on any atom is -0.286 e. The number of benzene rings is 2. The molecule has 0 spiro atoms. The van der Waals surface area contributed by atoms with Gasteiger partial charge in [0.15, 0.2) is 5.01 Å². The Labute approximate surface area is 142 Å². The lowest BCUT2D eigenvalue weighted by atomic mass is 10.1. The van der Waals surface area contributed by atoms with Crippen LogP contribution in [0.2, 0.25) is 0 Å². The number of para-hydroxylation sites is 1. The largest absolute Gasteiger partial charge is 0.286 e. The lowest BCUT2D eigenvalue weighted by molar-refractivity contribution is 0.0965. The molecule has 116 valence electrons. The molecule has 0 fully saturated rings. The molecule has 5 heteroatoms. The highest BCUT2D eigenvalue weighted by molar-refractivity contribution is 7.11. The summed E-state index contributed by atoms with van der Waals surface area (Å²) < 4.78 is 1.53. The number of thiazole rings is 1. The van der Waals surface area contributed by atoms with E-state index in [1.807, 2.05) is 42.5 Å². The highest BCUT2D eigenvalue weighted by atomic mass is 32.1. The van der Waals surface area contributed by atoms with Crippen molar-refractivity contribution in [3.05, 3.63) is 88.5 Å². The summed E-state index contributed by atoms with van der Waals surface area (Å²) in [5.41, 5.74) is 1.78. The fraction of sp³-hybridized carbons (Fsp3) is 0. The molecular weight excluding hydrogens is 320 g/mol. The zero-order valence-electron chi connectivity index (χ0n) is 12.5. The number of nitrogens with zero attached hydrogens (tertiary/aromatic N) is 2. The van der Waals surface area contributed by atoms with E-state index in [0.29, 0.717) is 21.7 Å². The highest BCUT2D eigenvalue weighted by Gasteiger charge is 2.21. The number of carbonyl (C=O) groups is 2. The molecule has 0 aliphatic rings. The maximum absolute atomic E-state index is 12.8. The number of hydrogen-bond acceptors (Lipinski definition) is 4. The van der Waals surface area contributed by atoms with Crippen LogP contribution >= 0.6 is 11.3 Å². The van der Waals surface area contributed by atoms with E-state index in [1.165, 1.54) is 15.9 Å². The van der Waals surface area contributed by atoms with Crippen LogP contribution in [0.25, 0.3) is 10.9 Å². The first-order valence-electron chi connectivity index (χ1n) is 7.40. The quantitative estimate of drug-likeness (QED) is 0.533. The smallest absolute Gasteiger partial charge is 0.262 e. The molecule has 4 rings (SSSR count). The fourth-order valence-electron chi connectivity index (χ4n) is 2.70. The van der Waals surface area contributed by atoms with Crippen molar-refractivity contribution in [3.63, 3.8) is 0 Å². The molecule has 0 saturated heterocycles. The van der Waals surface area contributed by atoms with Gasteiger partial charge in [0, 0.05) is 28.7 Å². The van der Waals surface area contributed by atoms with Gasteiger partial charge in [-0.3, -0.25) is 14.2 Å². The average molecular weight is 332 g/mol. The Bertz CT molecular complexity index is 1030. The molecule has 0 radical (unpaired) electrons. The van der Waals surface area contributed by atoms with Gasteiger partial charge < -0.3 is 0 Å². The standard InChI is InChI=1S/C19H12N2O2S/c22-17(18-20-10-11-24-18)15-12-21(16-9-5-4-8-14(15)16)19(23)13-6-2-1-3-7-13/h1-12H. The van der Waals surface area contributed by atoms with Crippen molar-refractivity contribution in [1.82, 2.24) is 9.55 Å². The van der Waals surface area contributed by atoms with Gasteiger partial charge in [-0.25, -0.2) is 4.98 Å². The van der Waals surface area contributed by atoms with Crippen molar-refractivity contribution >= 4 is 33.9 Å². The Morgan fingerprint density at radius 1 is 0.958 bits per heavy atom. The summed E-state index contributed by atoms with van der Waals surface area (Å²) in [5.74, 6) is -0.328. The maximum atomic E-state index is 12.8. The van der Waals surface area contributed by atoms with Crippen LogP contribution < -0.4 is 0 Å². The maximum Gasteiger partial charge on any atom is 0.262 e. The molecule has 2 aromatic heterocycles. The highest BCUT2D eigenvalue weighted by Crippen LogP contribution is 2.25. The van der Waals surface area contributed by atoms with Crippen LogP contribution in [0.15, 0.2) is 72.4 Å². The van der Waals surface area contributed by atoms with Crippen LogP contribution in [0, 0.1) is 0 Å². The number of hydrogen-bond donors (Lipinski definition) is 0. The minimum atomic E-state index is -0.166. The molecule has 0 N–H and O–H groups in total. The van der Waals surface area contributed by atoms with E-state index in [1.54, 1.807) is 29.9 Å². The monoisotopic (exact) mass is 332 g/mol. The number of rotatable bonds is 3. The van der Waals surface area contributed by atoms with Crippen LogP contribution in [0.1, 0.15) is 25.7 Å². The molecule has 0 aliphatic carbocycles.